The molecule has 2 N–H and O–H groups in total. The molecule has 37 heavy (non-hydrogen) atoms. The van der Waals surface area contributed by atoms with E-state index >= 15 is 0 Å². The van der Waals surface area contributed by atoms with Gasteiger partial charge in [0.1, 0.15) is 23.9 Å². The van der Waals surface area contributed by atoms with Gasteiger partial charge >= 0.3 is 5.97 Å². The van der Waals surface area contributed by atoms with Crippen LogP contribution in [0.15, 0.2) is 36.0 Å². The van der Waals surface area contributed by atoms with Crippen molar-refractivity contribution in [2.75, 3.05) is 13.7 Å². The lowest BCUT2D eigenvalue weighted by Crippen LogP contribution is -2.55. The number of methoxy groups -OCH3 is 1. The molecule has 208 valence electrons. The maximum absolute atomic E-state index is 12.3. The highest BCUT2D eigenvalue weighted by Crippen LogP contribution is 2.46. The molecule has 3 rings (SSSR count). The third-order valence-corrected chi connectivity index (χ3v) is 7.44. The van der Waals surface area contributed by atoms with Crippen LogP contribution < -0.4 is 5.32 Å². The smallest absolute Gasteiger partial charge is 0.303 e. The number of amides is 1. The number of carbonyl (C=O) groups excluding carboxylic acids is 2. The van der Waals surface area contributed by atoms with E-state index in [2.05, 4.69) is 18.3 Å². The molecule has 3 aliphatic heterocycles. The summed E-state index contributed by atoms with van der Waals surface area (Å²) in [5.74, 6) is -1.18. The highest BCUT2D eigenvalue weighted by atomic mass is 16.7. The Balaban J connectivity index is 1.50. The SMILES string of the molecule is CO[C@]1(C)C[C@@]2(CO2)[C@H](O)C(/C=C/C(C)=C/C[C@@H]2O[C@H](C)[C@H](NC(=O)/C=C\[C@H](C)OC(C)=O)C[C@@H]2C)O1. The van der Waals surface area contributed by atoms with Crippen LogP contribution in [0.3, 0.4) is 0 Å². The van der Waals surface area contributed by atoms with Gasteiger partial charge in [0.2, 0.25) is 5.91 Å². The fourth-order valence-corrected chi connectivity index (χ4v) is 5.06. The lowest BCUT2D eigenvalue weighted by molar-refractivity contribution is -0.284. The van der Waals surface area contributed by atoms with Crippen molar-refractivity contribution >= 4 is 11.9 Å². The number of ether oxygens (including phenoxy) is 5. The van der Waals surface area contributed by atoms with Crippen LogP contribution >= 0.6 is 0 Å². The second kappa shape index (κ2) is 12.2. The van der Waals surface area contributed by atoms with E-state index in [1.165, 1.54) is 13.0 Å². The summed E-state index contributed by atoms with van der Waals surface area (Å²) >= 11 is 0. The number of hydrogen-bond acceptors (Lipinski definition) is 8. The molecule has 3 aliphatic rings. The molecule has 9 nitrogen and oxygen atoms in total. The second-order valence-electron chi connectivity index (χ2n) is 10.8. The van der Waals surface area contributed by atoms with Gasteiger partial charge in [-0.15, -0.1) is 0 Å². The van der Waals surface area contributed by atoms with E-state index in [0.29, 0.717) is 13.0 Å². The summed E-state index contributed by atoms with van der Waals surface area (Å²) in [4.78, 5) is 23.3. The van der Waals surface area contributed by atoms with Crippen LogP contribution in [-0.4, -0.2) is 78.6 Å². The van der Waals surface area contributed by atoms with Crippen molar-refractivity contribution in [1.29, 1.82) is 0 Å². The number of aliphatic hydroxyl groups excluding tert-OH is 1. The van der Waals surface area contributed by atoms with Crippen LogP contribution in [0.25, 0.3) is 0 Å². The number of rotatable bonds is 9. The van der Waals surface area contributed by atoms with Crippen LogP contribution in [0.5, 0.6) is 0 Å². The average Bonchev–Trinajstić information content (AvgIpc) is 3.59. The first-order valence-corrected chi connectivity index (χ1v) is 13.1. The van der Waals surface area contributed by atoms with Crippen molar-refractivity contribution < 1.29 is 38.4 Å². The fraction of sp³-hybridized carbons (Fsp3) is 0.714. The van der Waals surface area contributed by atoms with Crippen molar-refractivity contribution in [3.63, 3.8) is 0 Å². The van der Waals surface area contributed by atoms with Gasteiger partial charge in [-0.25, -0.2) is 0 Å². The number of esters is 1. The number of carbonyl (C=O) groups is 2. The lowest BCUT2D eigenvalue weighted by atomic mass is 9.87. The summed E-state index contributed by atoms with van der Waals surface area (Å²) in [6.45, 7) is 11.5. The second-order valence-corrected chi connectivity index (χ2v) is 10.8. The van der Waals surface area contributed by atoms with E-state index in [0.717, 1.165) is 18.4 Å². The number of allylic oxidation sites excluding steroid dienone is 2. The molecule has 1 amide bonds. The quantitative estimate of drug-likeness (QED) is 0.206. The number of nitrogens with one attached hydrogen (secondary N) is 1. The van der Waals surface area contributed by atoms with E-state index in [1.54, 1.807) is 20.1 Å². The maximum atomic E-state index is 12.3. The molecule has 0 saturated carbocycles. The molecule has 0 aromatic heterocycles. The summed E-state index contributed by atoms with van der Waals surface area (Å²) in [5, 5.41) is 13.7. The zero-order valence-corrected chi connectivity index (χ0v) is 23.1. The van der Waals surface area contributed by atoms with Gasteiger partial charge in [-0.3, -0.25) is 9.59 Å². The predicted molar refractivity (Wildman–Crippen MR) is 138 cm³/mol. The summed E-state index contributed by atoms with van der Waals surface area (Å²) in [5.41, 5.74) is 0.455. The molecule has 1 spiro atoms. The first-order valence-electron chi connectivity index (χ1n) is 13.1. The van der Waals surface area contributed by atoms with Gasteiger partial charge in [0.05, 0.1) is 24.9 Å². The van der Waals surface area contributed by atoms with Crippen LogP contribution in [0, 0.1) is 5.92 Å². The molecule has 9 atom stereocenters. The molecule has 0 radical (unpaired) electrons. The fourth-order valence-electron chi connectivity index (χ4n) is 5.06. The van der Waals surface area contributed by atoms with Gasteiger partial charge in [0, 0.05) is 26.5 Å². The minimum absolute atomic E-state index is 0.0301. The van der Waals surface area contributed by atoms with Gasteiger partial charge < -0.3 is 34.1 Å². The normalized spacial score (nSPS) is 39.2. The minimum Gasteiger partial charge on any atom is -0.459 e. The Kier molecular flexibility index (Phi) is 9.74. The van der Waals surface area contributed by atoms with Crippen LogP contribution in [-0.2, 0) is 33.3 Å². The van der Waals surface area contributed by atoms with Crippen molar-refractivity contribution in [2.24, 2.45) is 5.92 Å². The zero-order chi connectivity index (χ0) is 27.4. The zero-order valence-electron chi connectivity index (χ0n) is 23.1. The van der Waals surface area contributed by atoms with E-state index in [-0.39, 0.29) is 36.0 Å². The van der Waals surface area contributed by atoms with Gasteiger partial charge in [0.25, 0.3) is 0 Å². The van der Waals surface area contributed by atoms with Crippen molar-refractivity contribution in [3.8, 4) is 0 Å². The van der Waals surface area contributed by atoms with Crippen molar-refractivity contribution in [2.45, 2.75) is 109 Å². The largest absolute Gasteiger partial charge is 0.459 e. The summed E-state index contributed by atoms with van der Waals surface area (Å²) in [6.07, 6.45) is 9.09. The number of epoxide rings is 1. The summed E-state index contributed by atoms with van der Waals surface area (Å²) in [7, 11) is 1.60. The number of hydrogen-bond donors (Lipinski definition) is 2. The standard InChI is InChI=1S/C28H43NO8/c1-17(9-12-24-26(32)28(16-34-28)15-27(6,33-7)37-24)8-11-23-18(2)14-22(20(4)36-23)29-25(31)13-10-19(3)35-21(5)30/h8-10,12-13,18-20,22-24,26,32H,11,14-16H2,1-7H3,(H,29,31)/b12-9+,13-10-,17-8+/t18-,19-,20+,22+,23-,24?,26+,27-,28+/m0/s1. The molecule has 0 aromatic carbocycles. The van der Waals surface area contributed by atoms with Gasteiger partial charge in [-0.2, -0.15) is 0 Å². The highest BCUT2D eigenvalue weighted by Gasteiger charge is 2.61. The molecule has 9 heteroatoms. The molecule has 0 aliphatic carbocycles. The average molecular weight is 522 g/mol. The monoisotopic (exact) mass is 521 g/mol. The first kappa shape index (κ1) is 29.5. The lowest BCUT2D eigenvalue weighted by Gasteiger charge is -2.42. The molecule has 3 heterocycles. The molecular formula is C28H43NO8. The Morgan fingerprint density at radius 3 is 2.57 bits per heavy atom. The third-order valence-electron chi connectivity index (χ3n) is 7.44. The molecule has 0 aromatic rings. The molecule has 0 bridgehead atoms. The van der Waals surface area contributed by atoms with Gasteiger partial charge in [-0.1, -0.05) is 30.7 Å². The van der Waals surface area contributed by atoms with Crippen molar-refractivity contribution in [3.05, 3.63) is 36.0 Å². The van der Waals surface area contributed by atoms with E-state index in [9.17, 15) is 14.7 Å². The maximum Gasteiger partial charge on any atom is 0.303 e. The van der Waals surface area contributed by atoms with Gasteiger partial charge in [-0.05, 0) is 52.5 Å². The van der Waals surface area contributed by atoms with E-state index < -0.39 is 29.7 Å². The Morgan fingerprint density at radius 1 is 1.24 bits per heavy atom. The summed E-state index contributed by atoms with van der Waals surface area (Å²) in [6, 6.07) is -0.102. The van der Waals surface area contributed by atoms with Crippen LogP contribution in [0.4, 0.5) is 0 Å². The number of aliphatic hydroxyl groups is 1. The Bertz CT molecular complexity index is 910. The molecular weight excluding hydrogens is 478 g/mol. The minimum atomic E-state index is -0.799. The van der Waals surface area contributed by atoms with Crippen molar-refractivity contribution in [1.82, 2.24) is 5.32 Å². The first-order chi connectivity index (χ1) is 17.4. The highest BCUT2D eigenvalue weighted by molar-refractivity contribution is 5.87. The van der Waals surface area contributed by atoms with E-state index in [4.69, 9.17) is 23.7 Å². The van der Waals surface area contributed by atoms with E-state index in [1.807, 2.05) is 32.9 Å². The molecule has 3 saturated heterocycles. The molecule has 1 unspecified atom stereocenters. The predicted octanol–water partition coefficient (Wildman–Crippen LogP) is 2.97. The third kappa shape index (κ3) is 7.97. The molecule has 3 fully saturated rings. The van der Waals surface area contributed by atoms with Crippen LogP contribution in [0.1, 0.15) is 60.8 Å². The Labute approximate surface area is 220 Å². The summed E-state index contributed by atoms with van der Waals surface area (Å²) < 4.78 is 28.4. The topological polar surface area (TPSA) is 116 Å². The van der Waals surface area contributed by atoms with Crippen LogP contribution in [0.2, 0.25) is 0 Å². The Morgan fingerprint density at radius 2 is 1.95 bits per heavy atom. The van der Waals surface area contributed by atoms with Gasteiger partial charge in [0.15, 0.2) is 5.79 Å². The Hall–Kier alpha value is -2.04.